The Morgan fingerprint density at radius 2 is 2.14 bits per heavy atom. The van der Waals surface area contributed by atoms with E-state index in [1.807, 2.05) is 0 Å². The molecule has 0 spiro atoms. The number of aryl methyl sites for hydroxylation is 1. The second-order valence-corrected chi connectivity index (χ2v) is 6.45. The third-order valence-corrected chi connectivity index (χ3v) is 4.14. The molecular weight excluding hydrogens is 309 g/mol. The quantitative estimate of drug-likeness (QED) is 0.937. The first-order chi connectivity index (χ1) is 10.0. The van der Waals surface area contributed by atoms with Gasteiger partial charge in [0.2, 0.25) is 0 Å². The van der Waals surface area contributed by atoms with Crippen molar-refractivity contribution >= 4 is 29.0 Å². The van der Waals surface area contributed by atoms with Crippen molar-refractivity contribution in [2.45, 2.75) is 45.2 Å². The van der Waals surface area contributed by atoms with E-state index in [1.54, 1.807) is 12.3 Å². The number of nitrogens with zero attached hydrogens (tertiary/aromatic N) is 4. The van der Waals surface area contributed by atoms with Crippen LogP contribution >= 0.6 is 23.2 Å². The van der Waals surface area contributed by atoms with Gasteiger partial charge in [0.15, 0.2) is 0 Å². The molecule has 2 aromatic heterocycles. The van der Waals surface area contributed by atoms with Gasteiger partial charge in [0.1, 0.15) is 17.5 Å². The molecule has 1 aliphatic rings. The SMILES string of the molecule is CC(C)c1nnc2n1C[C@H](Nc1ncc(Cl)cc1Cl)CC2. The fourth-order valence-corrected chi connectivity index (χ4v) is 3.04. The zero-order chi connectivity index (χ0) is 15.0. The van der Waals surface area contributed by atoms with E-state index in [2.05, 4.69) is 38.9 Å². The molecule has 1 aliphatic heterocycles. The molecule has 0 saturated carbocycles. The number of pyridine rings is 1. The summed E-state index contributed by atoms with van der Waals surface area (Å²) in [7, 11) is 0. The van der Waals surface area contributed by atoms with Crippen molar-refractivity contribution in [1.82, 2.24) is 19.7 Å². The summed E-state index contributed by atoms with van der Waals surface area (Å²) in [6.45, 7) is 5.09. The van der Waals surface area contributed by atoms with E-state index in [1.165, 1.54) is 0 Å². The van der Waals surface area contributed by atoms with Crippen LogP contribution in [-0.4, -0.2) is 25.8 Å². The lowest BCUT2D eigenvalue weighted by molar-refractivity contribution is 0.458. The molecule has 0 radical (unpaired) electrons. The first-order valence-electron chi connectivity index (χ1n) is 7.04. The molecule has 0 bridgehead atoms. The fraction of sp³-hybridized carbons (Fsp3) is 0.500. The maximum absolute atomic E-state index is 6.17. The predicted octanol–water partition coefficient (Wildman–Crippen LogP) is 3.53. The largest absolute Gasteiger partial charge is 0.364 e. The predicted molar refractivity (Wildman–Crippen MR) is 84.1 cm³/mol. The van der Waals surface area contributed by atoms with Crippen molar-refractivity contribution in [2.75, 3.05) is 5.32 Å². The Hall–Kier alpha value is -1.33. The van der Waals surface area contributed by atoms with Crippen molar-refractivity contribution in [3.05, 3.63) is 34.0 Å². The summed E-state index contributed by atoms with van der Waals surface area (Å²) >= 11 is 12.0. The zero-order valence-electron chi connectivity index (χ0n) is 12.0. The summed E-state index contributed by atoms with van der Waals surface area (Å²) in [5, 5.41) is 13.0. The maximum Gasteiger partial charge on any atom is 0.145 e. The number of fused-ring (bicyclic) bond motifs is 1. The third kappa shape index (κ3) is 2.99. The highest BCUT2D eigenvalue weighted by atomic mass is 35.5. The van der Waals surface area contributed by atoms with Crippen LogP contribution in [0.2, 0.25) is 10.0 Å². The molecule has 21 heavy (non-hydrogen) atoms. The van der Waals surface area contributed by atoms with Gasteiger partial charge in [-0.1, -0.05) is 37.0 Å². The Balaban J connectivity index is 1.78. The van der Waals surface area contributed by atoms with Crippen LogP contribution in [0.5, 0.6) is 0 Å². The summed E-state index contributed by atoms with van der Waals surface area (Å²) in [5.74, 6) is 3.13. The van der Waals surface area contributed by atoms with Crippen LogP contribution < -0.4 is 5.32 Å². The van der Waals surface area contributed by atoms with Crippen LogP contribution in [0, 0.1) is 0 Å². The van der Waals surface area contributed by atoms with E-state index in [9.17, 15) is 0 Å². The summed E-state index contributed by atoms with van der Waals surface area (Å²) in [6.07, 6.45) is 3.49. The number of hydrogen-bond acceptors (Lipinski definition) is 4. The van der Waals surface area contributed by atoms with Gasteiger partial charge in [-0.15, -0.1) is 10.2 Å². The highest BCUT2D eigenvalue weighted by Crippen LogP contribution is 2.26. The lowest BCUT2D eigenvalue weighted by Crippen LogP contribution is -2.32. The lowest BCUT2D eigenvalue weighted by Gasteiger charge is -2.26. The second-order valence-electron chi connectivity index (χ2n) is 5.60. The van der Waals surface area contributed by atoms with Crippen LogP contribution in [0.15, 0.2) is 12.3 Å². The average Bonchev–Trinajstić information content (AvgIpc) is 2.85. The summed E-state index contributed by atoms with van der Waals surface area (Å²) in [6, 6.07) is 1.96. The Bertz CT molecular complexity index is 653. The van der Waals surface area contributed by atoms with E-state index in [-0.39, 0.29) is 6.04 Å². The summed E-state index contributed by atoms with van der Waals surface area (Å²) in [5.41, 5.74) is 0. The molecule has 0 aromatic carbocycles. The first-order valence-corrected chi connectivity index (χ1v) is 7.79. The molecule has 112 valence electrons. The standard InChI is InChI=1S/C14H17Cl2N5/c1-8(2)14-20-19-12-4-3-10(7-21(12)14)18-13-11(16)5-9(15)6-17-13/h5-6,8,10H,3-4,7H2,1-2H3,(H,17,18)/t10-/m1/s1. The normalized spacial score (nSPS) is 17.9. The Morgan fingerprint density at radius 1 is 1.33 bits per heavy atom. The molecule has 1 atom stereocenters. The number of rotatable bonds is 3. The van der Waals surface area contributed by atoms with E-state index < -0.39 is 0 Å². The van der Waals surface area contributed by atoms with Gasteiger partial charge in [-0.25, -0.2) is 4.98 Å². The van der Waals surface area contributed by atoms with Gasteiger partial charge in [-0.05, 0) is 12.5 Å². The molecule has 0 saturated heterocycles. The summed E-state index contributed by atoms with van der Waals surface area (Å²) < 4.78 is 2.20. The molecule has 1 N–H and O–H groups in total. The van der Waals surface area contributed by atoms with E-state index in [0.717, 1.165) is 31.0 Å². The smallest absolute Gasteiger partial charge is 0.145 e. The zero-order valence-corrected chi connectivity index (χ0v) is 13.5. The maximum atomic E-state index is 6.17. The third-order valence-electron chi connectivity index (χ3n) is 3.64. The van der Waals surface area contributed by atoms with Gasteiger partial charge in [0, 0.05) is 31.1 Å². The Labute approximate surface area is 133 Å². The van der Waals surface area contributed by atoms with Crippen molar-refractivity contribution in [3.63, 3.8) is 0 Å². The number of halogens is 2. The fourth-order valence-electron chi connectivity index (χ4n) is 2.61. The molecule has 0 amide bonds. The molecule has 3 rings (SSSR count). The van der Waals surface area contributed by atoms with Crippen molar-refractivity contribution < 1.29 is 0 Å². The monoisotopic (exact) mass is 325 g/mol. The molecule has 3 heterocycles. The van der Waals surface area contributed by atoms with Crippen LogP contribution in [0.25, 0.3) is 0 Å². The Kier molecular flexibility index (Phi) is 4.04. The molecule has 0 aliphatic carbocycles. The van der Waals surface area contributed by atoms with Gasteiger partial charge in [0.25, 0.3) is 0 Å². The number of hydrogen-bond donors (Lipinski definition) is 1. The van der Waals surface area contributed by atoms with E-state index in [4.69, 9.17) is 23.2 Å². The average molecular weight is 326 g/mol. The van der Waals surface area contributed by atoms with E-state index >= 15 is 0 Å². The molecule has 5 nitrogen and oxygen atoms in total. The molecule has 7 heteroatoms. The van der Waals surface area contributed by atoms with Gasteiger partial charge >= 0.3 is 0 Å². The Morgan fingerprint density at radius 3 is 2.86 bits per heavy atom. The van der Waals surface area contributed by atoms with Gasteiger partial charge in [0.05, 0.1) is 10.0 Å². The number of aromatic nitrogens is 4. The van der Waals surface area contributed by atoms with Crippen LogP contribution in [0.4, 0.5) is 5.82 Å². The molecule has 0 unspecified atom stereocenters. The van der Waals surface area contributed by atoms with Gasteiger partial charge in [-0.3, -0.25) is 0 Å². The molecule has 0 fully saturated rings. The van der Waals surface area contributed by atoms with Crippen LogP contribution in [-0.2, 0) is 13.0 Å². The van der Waals surface area contributed by atoms with Crippen molar-refractivity contribution in [2.24, 2.45) is 0 Å². The first kappa shape index (κ1) is 14.6. The van der Waals surface area contributed by atoms with Crippen LogP contribution in [0.1, 0.15) is 37.8 Å². The van der Waals surface area contributed by atoms with Crippen LogP contribution in [0.3, 0.4) is 0 Å². The minimum absolute atomic E-state index is 0.261. The highest BCUT2D eigenvalue weighted by Gasteiger charge is 2.24. The summed E-state index contributed by atoms with van der Waals surface area (Å²) in [4.78, 5) is 4.26. The van der Waals surface area contributed by atoms with Gasteiger partial charge < -0.3 is 9.88 Å². The van der Waals surface area contributed by atoms with E-state index in [0.29, 0.717) is 21.8 Å². The van der Waals surface area contributed by atoms with Crippen molar-refractivity contribution in [1.29, 1.82) is 0 Å². The van der Waals surface area contributed by atoms with Gasteiger partial charge in [-0.2, -0.15) is 0 Å². The minimum Gasteiger partial charge on any atom is -0.364 e. The topological polar surface area (TPSA) is 55.6 Å². The molecule has 2 aromatic rings. The molecular formula is C14H17Cl2N5. The highest BCUT2D eigenvalue weighted by molar-refractivity contribution is 6.35. The lowest BCUT2D eigenvalue weighted by atomic mass is 10.1. The number of anilines is 1. The minimum atomic E-state index is 0.261. The second kappa shape index (κ2) is 5.81. The number of nitrogens with one attached hydrogen (secondary N) is 1. The van der Waals surface area contributed by atoms with Crippen molar-refractivity contribution in [3.8, 4) is 0 Å².